The van der Waals surface area contributed by atoms with Crippen LogP contribution in [0.1, 0.15) is 0 Å². The van der Waals surface area contributed by atoms with Crippen LogP contribution in [0.4, 0.5) is 0 Å². The third-order valence-corrected chi connectivity index (χ3v) is 5.16. The predicted molar refractivity (Wildman–Crippen MR) is 102 cm³/mol. The van der Waals surface area contributed by atoms with Crippen molar-refractivity contribution in [3.05, 3.63) is 83.3 Å². The minimum atomic E-state index is 1.11. The number of benzene rings is 4. The molecule has 0 heterocycles. The van der Waals surface area contributed by atoms with Crippen LogP contribution in [0.15, 0.2) is 83.3 Å². The van der Waals surface area contributed by atoms with Crippen LogP contribution in [0.25, 0.3) is 44.2 Å². The second-order valence-corrected chi connectivity index (χ2v) is 6.86. The van der Waals surface area contributed by atoms with Crippen molar-refractivity contribution >= 4 is 26.7 Å². The fourth-order valence-corrected chi connectivity index (χ4v) is 4.12. The summed E-state index contributed by atoms with van der Waals surface area (Å²) in [6, 6.07) is 28.4. The molecule has 108 valence electrons. The van der Waals surface area contributed by atoms with Crippen LogP contribution in [0, 0.1) is 0 Å². The lowest BCUT2D eigenvalue weighted by Gasteiger charge is -2.11. The van der Waals surface area contributed by atoms with Gasteiger partial charge in [-0.15, -0.1) is 0 Å². The molecule has 0 radical (unpaired) electrons. The van der Waals surface area contributed by atoms with Gasteiger partial charge in [-0.2, -0.15) is 0 Å². The molecule has 0 aliphatic heterocycles. The first kappa shape index (κ1) is 13.1. The molecule has 1 aliphatic rings. The standard InChI is InChI=1S/C22H13Br/c23-16-7-3-6-15(13-16)17-12-11-14-5-4-10-19-18-8-1-2-9-20(18)22(17)21(14)19/h1-13H. The van der Waals surface area contributed by atoms with Gasteiger partial charge in [0.15, 0.2) is 0 Å². The molecule has 0 spiro atoms. The molecule has 23 heavy (non-hydrogen) atoms. The third kappa shape index (κ3) is 1.83. The van der Waals surface area contributed by atoms with Gasteiger partial charge in [-0.1, -0.05) is 82.7 Å². The van der Waals surface area contributed by atoms with Crippen LogP contribution < -0.4 is 0 Å². The molecule has 1 aliphatic carbocycles. The number of fused-ring (bicyclic) bond motifs is 3. The van der Waals surface area contributed by atoms with Crippen LogP contribution in [0.2, 0.25) is 0 Å². The largest absolute Gasteiger partial charge is 0.0616 e. The van der Waals surface area contributed by atoms with Crippen molar-refractivity contribution in [2.75, 3.05) is 0 Å². The first-order valence-electron chi connectivity index (χ1n) is 7.74. The highest BCUT2D eigenvalue weighted by Crippen LogP contribution is 2.50. The lowest BCUT2D eigenvalue weighted by Crippen LogP contribution is -1.84. The maximum atomic E-state index is 3.60. The van der Waals surface area contributed by atoms with E-state index in [0.29, 0.717) is 0 Å². The highest BCUT2D eigenvalue weighted by atomic mass is 79.9. The number of halogens is 1. The molecule has 0 saturated carbocycles. The SMILES string of the molecule is Brc1cccc(-c2ccc3cccc4c3c2-c2ccccc2-4)c1. The van der Waals surface area contributed by atoms with E-state index < -0.39 is 0 Å². The van der Waals surface area contributed by atoms with E-state index in [-0.39, 0.29) is 0 Å². The summed E-state index contributed by atoms with van der Waals surface area (Å²) in [5.74, 6) is 0. The van der Waals surface area contributed by atoms with Gasteiger partial charge in [0.25, 0.3) is 0 Å². The van der Waals surface area contributed by atoms with Gasteiger partial charge in [-0.05, 0) is 56.3 Å². The average Bonchev–Trinajstić information content (AvgIpc) is 2.93. The van der Waals surface area contributed by atoms with Crippen molar-refractivity contribution in [1.82, 2.24) is 0 Å². The zero-order chi connectivity index (χ0) is 15.4. The van der Waals surface area contributed by atoms with Gasteiger partial charge in [-0.3, -0.25) is 0 Å². The molecule has 4 aromatic rings. The lowest BCUT2D eigenvalue weighted by atomic mass is 9.93. The molecule has 0 bridgehead atoms. The Morgan fingerprint density at radius 2 is 1.35 bits per heavy atom. The maximum Gasteiger partial charge on any atom is 0.0181 e. The summed E-state index contributed by atoms with van der Waals surface area (Å²) in [7, 11) is 0. The zero-order valence-electron chi connectivity index (χ0n) is 12.4. The normalized spacial score (nSPS) is 11.7. The molecule has 1 heteroatoms. The smallest absolute Gasteiger partial charge is 0.0181 e. The first-order chi connectivity index (χ1) is 11.3. The van der Waals surface area contributed by atoms with Gasteiger partial charge in [-0.25, -0.2) is 0 Å². The number of rotatable bonds is 1. The Balaban J connectivity index is 1.95. The van der Waals surface area contributed by atoms with Gasteiger partial charge >= 0.3 is 0 Å². The van der Waals surface area contributed by atoms with Crippen LogP contribution in [-0.4, -0.2) is 0 Å². The highest BCUT2D eigenvalue weighted by molar-refractivity contribution is 9.10. The van der Waals surface area contributed by atoms with E-state index in [2.05, 4.69) is 94.8 Å². The monoisotopic (exact) mass is 356 g/mol. The van der Waals surface area contributed by atoms with Crippen LogP contribution in [-0.2, 0) is 0 Å². The Kier molecular flexibility index (Phi) is 2.74. The molecule has 0 nitrogen and oxygen atoms in total. The average molecular weight is 357 g/mol. The maximum absolute atomic E-state index is 3.60. The van der Waals surface area contributed by atoms with Crippen LogP contribution in [0.5, 0.6) is 0 Å². The van der Waals surface area contributed by atoms with Crippen molar-refractivity contribution in [1.29, 1.82) is 0 Å². The van der Waals surface area contributed by atoms with E-state index in [1.807, 2.05) is 0 Å². The van der Waals surface area contributed by atoms with Crippen molar-refractivity contribution < 1.29 is 0 Å². The van der Waals surface area contributed by atoms with Gasteiger partial charge < -0.3 is 0 Å². The van der Waals surface area contributed by atoms with Gasteiger partial charge in [0.2, 0.25) is 0 Å². The quantitative estimate of drug-likeness (QED) is 0.306. The fraction of sp³-hybridized carbons (Fsp3) is 0. The summed E-state index contributed by atoms with van der Waals surface area (Å²) in [6.07, 6.45) is 0. The van der Waals surface area contributed by atoms with E-state index in [1.54, 1.807) is 0 Å². The molecule has 0 saturated heterocycles. The molecule has 0 fully saturated rings. The topological polar surface area (TPSA) is 0 Å². The van der Waals surface area contributed by atoms with Crippen molar-refractivity contribution in [3.8, 4) is 33.4 Å². The molecule has 0 aromatic heterocycles. The number of hydrogen-bond acceptors (Lipinski definition) is 0. The van der Waals surface area contributed by atoms with Crippen molar-refractivity contribution in [3.63, 3.8) is 0 Å². The molecule has 0 N–H and O–H groups in total. The molecule has 5 rings (SSSR count). The third-order valence-electron chi connectivity index (χ3n) is 4.67. The van der Waals surface area contributed by atoms with Crippen LogP contribution in [0.3, 0.4) is 0 Å². The summed E-state index contributed by atoms with van der Waals surface area (Å²) in [4.78, 5) is 0. The summed E-state index contributed by atoms with van der Waals surface area (Å²) in [5.41, 5.74) is 7.96. The molecule has 4 aromatic carbocycles. The summed E-state index contributed by atoms with van der Waals surface area (Å²) in [5, 5.41) is 2.69. The molecule has 0 atom stereocenters. The van der Waals surface area contributed by atoms with E-state index in [0.717, 1.165) is 4.47 Å². The number of hydrogen-bond donors (Lipinski definition) is 0. The minimum absolute atomic E-state index is 1.11. The summed E-state index contributed by atoms with van der Waals surface area (Å²) < 4.78 is 1.11. The molecular formula is C22H13Br. The molecule has 0 amide bonds. The van der Waals surface area contributed by atoms with E-state index in [1.165, 1.54) is 44.2 Å². The molecular weight excluding hydrogens is 344 g/mol. The van der Waals surface area contributed by atoms with E-state index >= 15 is 0 Å². The Morgan fingerprint density at radius 3 is 2.22 bits per heavy atom. The van der Waals surface area contributed by atoms with Gasteiger partial charge in [0.1, 0.15) is 0 Å². The Bertz CT molecular complexity index is 1080. The summed E-state index contributed by atoms with van der Waals surface area (Å²) >= 11 is 3.60. The highest BCUT2D eigenvalue weighted by Gasteiger charge is 2.23. The second kappa shape index (κ2) is 4.81. The fourth-order valence-electron chi connectivity index (χ4n) is 3.72. The van der Waals surface area contributed by atoms with Gasteiger partial charge in [0.05, 0.1) is 0 Å². The van der Waals surface area contributed by atoms with Gasteiger partial charge in [0, 0.05) is 4.47 Å². The van der Waals surface area contributed by atoms with Crippen LogP contribution >= 0.6 is 15.9 Å². The Labute approximate surface area is 143 Å². The second-order valence-electron chi connectivity index (χ2n) is 5.95. The van der Waals surface area contributed by atoms with Crippen molar-refractivity contribution in [2.24, 2.45) is 0 Å². The molecule has 0 unspecified atom stereocenters. The lowest BCUT2D eigenvalue weighted by molar-refractivity contribution is 1.61. The van der Waals surface area contributed by atoms with E-state index in [4.69, 9.17) is 0 Å². The predicted octanol–water partition coefficient (Wildman–Crippen LogP) is 6.92. The van der Waals surface area contributed by atoms with Crippen molar-refractivity contribution in [2.45, 2.75) is 0 Å². The van der Waals surface area contributed by atoms with E-state index in [9.17, 15) is 0 Å². The zero-order valence-corrected chi connectivity index (χ0v) is 14.0. The first-order valence-corrected chi connectivity index (χ1v) is 8.54. The Morgan fingerprint density at radius 1 is 0.565 bits per heavy atom. The summed E-state index contributed by atoms with van der Waals surface area (Å²) in [6.45, 7) is 0. The Hall–Kier alpha value is -2.38. The minimum Gasteiger partial charge on any atom is -0.0616 e.